The zero-order valence-electron chi connectivity index (χ0n) is 10.1. The highest BCUT2D eigenvalue weighted by atomic mass is 16.4. The van der Waals surface area contributed by atoms with Crippen LogP contribution in [0.15, 0.2) is 41.7 Å². The smallest absolute Gasteiger partial charge is 0.328 e. The van der Waals surface area contributed by atoms with Crippen molar-refractivity contribution in [2.75, 3.05) is 0 Å². The molecule has 0 saturated carbocycles. The molecule has 0 bridgehead atoms. The number of aliphatic carboxylic acids is 1. The van der Waals surface area contributed by atoms with Crippen molar-refractivity contribution in [3.63, 3.8) is 0 Å². The van der Waals surface area contributed by atoms with E-state index in [1.807, 2.05) is 6.07 Å². The number of aromatic nitrogens is 1. The van der Waals surface area contributed by atoms with Crippen molar-refractivity contribution in [1.29, 1.82) is 0 Å². The van der Waals surface area contributed by atoms with E-state index in [0.717, 1.165) is 17.0 Å². The van der Waals surface area contributed by atoms with Gasteiger partial charge in [0.1, 0.15) is 0 Å². The molecule has 1 heterocycles. The van der Waals surface area contributed by atoms with E-state index in [1.54, 1.807) is 31.3 Å². The Morgan fingerprint density at radius 1 is 1.47 bits per heavy atom. The number of hydrogen-bond acceptors (Lipinski definition) is 3. The van der Waals surface area contributed by atoms with E-state index in [2.05, 4.69) is 15.0 Å². The quantitative estimate of drug-likeness (QED) is 0.391. The molecule has 0 unspecified atom stereocenters. The average molecular weight is 254 g/mol. The van der Waals surface area contributed by atoms with E-state index in [4.69, 9.17) is 10.6 Å². The number of benzene rings is 1. The number of pyridine rings is 1. The number of hydrogen-bond donors (Lipinski definition) is 1. The van der Waals surface area contributed by atoms with Crippen molar-refractivity contribution >= 4 is 28.1 Å². The van der Waals surface area contributed by atoms with E-state index in [1.165, 1.54) is 0 Å². The third-order valence-electron chi connectivity index (χ3n) is 2.62. The first-order chi connectivity index (χ1) is 9.10. The zero-order valence-corrected chi connectivity index (χ0v) is 10.1. The summed E-state index contributed by atoms with van der Waals surface area (Å²) in [4.78, 5) is 17.6. The molecule has 94 valence electrons. The molecule has 1 N–H and O–H groups in total. The Bertz CT molecular complexity index is 731. The molecule has 0 spiro atoms. The first-order valence-electron chi connectivity index (χ1n) is 5.46. The van der Waals surface area contributed by atoms with Crippen LogP contribution >= 0.6 is 0 Å². The molecular weight excluding hydrogens is 244 g/mol. The predicted molar refractivity (Wildman–Crippen MR) is 71.8 cm³/mol. The minimum atomic E-state index is -1.000. The SMILES string of the molecule is C/C(=C\C(=O)O)c1cnc2ccc(N=[N+]=[N-])cc2c1. The summed E-state index contributed by atoms with van der Waals surface area (Å²) in [5.74, 6) is -1.000. The molecule has 2 aromatic rings. The number of rotatable bonds is 3. The van der Waals surface area contributed by atoms with Crippen molar-refractivity contribution in [2.45, 2.75) is 6.92 Å². The minimum Gasteiger partial charge on any atom is -0.478 e. The molecule has 1 aromatic carbocycles. The van der Waals surface area contributed by atoms with Gasteiger partial charge in [-0.1, -0.05) is 11.2 Å². The number of carboxylic acid groups (broad SMARTS) is 1. The topological polar surface area (TPSA) is 99.0 Å². The normalized spacial score (nSPS) is 11.1. The molecule has 0 saturated heterocycles. The standard InChI is InChI=1S/C13H10N4O2/c1-8(4-13(18)19)10-5-9-6-11(16-17-14)2-3-12(9)15-7-10/h2-7H,1H3,(H,18,19)/b8-4+. The van der Waals surface area contributed by atoms with Crippen LogP contribution in [0.1, 0.15) is 12.5 Å². The van der Waals surface area contributed by atoms with E-state index in [0.29, 0.717) is 16.8 Å². The number of azide groups is 1. The molecular formula is C13H10N4O2. The third kappa shape index (κ3) is 2.88. The van der Waals surface area contributed by atoms with E-state index in [-0.39, 0.29) is 0 Å². The van der Waals surface area contributed by atoms with Gasteiger partial charge in [-0.25, -0.2) is 4.79 Å². The third-order valence-corrected chi connectivity index (χ3v) is 2.62. The van der Waals surface area contributed by atoms with E-state index >= 15 is 0 Å². The highest BCUT2D eigenvalue weighted by Crippen LogP contribution is 2.23. The second-order valence-corrected chi connectivity index (χ2v) is 3.96. The summed E-state index contributed by atoms with van der Waals surface area (Å²) in [6, 6.07) is 6.95. The van der Waals surface area contributed by atoms with Gasteiger partial charge in [0, 0.05) is 28.3 Å². The van der Waals surface area contributed by atoms with Gasteiger partial charge in [-0.05, 0) is 41.8 Å². The fraction of sp³-hybridized carbons (Fsp3) is 0.0769. The molecule has 0 amide bonds. The average Bonchev–Trinajstić information content (AvgIpc) is 2.37. The second kappa shape index (κ2) is 5.20. The van der Waals surface area contributed by atoms with Crippen molar-refractivity contribution in [1.82, 2.24) is 4.98 Å². The van der Waals surface area contributed by atoms with Gasteiger partial charge in [-0.3, -0.25) is 4.98 Å². The largest absolute Gasteiger partial charge is 0.478 e. The van der Waals surface area contributed by atoms with Crippen molar-refractivity contribution < 1.29 is 9.90 Å². The molecule has 6 heteroatoms. The van der Waals surface area contributed by atoms with Gasteiger partial charge in [0.05, 0.1) is 5.52 Å². The maximum Gasteiger partial charge on any atom is 0.328 e. The summed E-state index contributed by atoms with van der Waals surface area (Å²) in [6.07, 6.45) is 2.74. The lowest BCUT2D eigenvalue weighted by atomic mass is 10.1. The summed E-state index contributed by atoms with van der Waals surface area (Å²) in [5.41, 5.74) is 11.0. The predicted octanol–water partition coefficient (Wildman–Crippen LogP) is 3.66. The highest BCUT2D eigenvalue weighted by molar-refractivity contribution is 5.91. The molecule has 6 nitrogen and oxygen atoms in total. The Kier molecular flexibility index (Phi) is 3.45. The van der Waals surface area contributed by atoms with Gasteiger partial charge >= 0.3 is 5.97 Å². The summed E-state index contributed by atoms with van der Waals surface area (Å²) < 4.78 is 0. The molecule has 0 aliphatic heterocycles. The Morgan fingerprint density at radius 2 is 2.26 bits per heavy atom. The van der Waals surface area contributed by atoms with Crippen LogP contribution in [0.2, 0.25) is 0 Å². The fourth-order valence-corrected chi connectivity index (χ4v) is 1.72. The molecule has 1 aromatic heterocycles. The van der Waals surface area contributed by atoms with Crippen LogP contribution in [-0.4, -0.2) is 16.1 Å². The van der Waals surface area contributed by atoms with Crippen molar-refractivity contribution in [3.05, 3.63) is 52.5 Å². The first-order valence-corrected chi connectivity index (χ1v) is 5.46. The Balaban J connectivity index is 2.55. The lowest BCUT2D eigenvalue weighted by Gasteiger charge is -2.03. The number of allylic oxidation sites excluding steroid dienone is 1. The zero-order chi connectivity index (χ0) is 13.8. The molecule has 0 fully saturated rings. The minimum absolute atomic E-state index is 0.494. The lowest BCUT2D eigenvalue weighted by Crippen LogP contribution is -1.91. The maximum absolute atomic E-state index is 10.6. The number of fused-ring (bicyclic) bond motifs is 1. The van der Waals surface area contributed by atoms with Gasteiger partial charge < -0.3 is 5.11 Å². The monoisotopic (exact) mass is 254 g/mol. The van der Waals surface area contributed by atoms with Crippen LogP contribution in [0.3, 0.4) is 0 Å². The summed E-state index contributed by atoms with van der Waals surface area (Å²) >= 11 is 0. The molecule has 0 aliphatic rings. The van der Waals surface area contributed by atoms with Gasteiger partial charge in [-0.2, -0.15) is 0 Å². The number of carbonyl (C=O) groups is 1. The molecule has 2 rings (SSSR count). The second-order valence-electron chi connectivity index (χ2n) is 3.96. The van der Waals surface area contributed by atoms with Crippen molar-refractivity contribution in [3.8, 4) is 0 Å². The molecule has 0 aliphatic carbocycles. The van der Waals surface area contributed by atoms with E-state index in [9.17, 15) is 4.79 Å². The van der Waals surface area contributed by atoms with Gasteiger partial charge in [0.2, 0.25) is 0 Å². The van der Waals surface area contributed by atoms with Crippen LogP contribution in [0.25, 0.3) is 26.9 Å². The maximum atomic E-state index is 10.6. The van der Waals surface area contributed by atoms with Crippen LogP contribution < -0.4 is 0 Å². The fourth-order valence-electron chi connectivity index (χ4n) is 1.72. The highest BCUT2D eigenvalue weighted by Gasteiger charge is 2.02. The molecule has 0 atom stereocenters. The molecule has 19 heavy (non-hydrogen) atoms. The lowest BCUT2D eigenvalue weighted by molar-refractivity contribution is -0.131. The number of nitrogens with zero attached hydrogens (tertiary/aromatic N) is 4. The Morgan fingerprint density at radius 3 is 2.95 bits per heavy atom. The summed E-state index contributed by atoms with van der Waals surface area (Å²) in [7, 11) is 0. The number of carboxylic acids is 1. The van der Waals surface area contributed by atoms with Crippen LogP contribution in [0.4, 0.5) is 5.69 Å². The van der Waals surface area contributed by atoms with E-state index < -0.39 is 5.97 Å². The summed E-state index contributed by atoms with van der Waals surface area (Å²) in [6.45, 7) is 1.70. The van der Waals surface area contributed by atoms with Gasteiger partial charge in [0.15, 0.2) is 0 Å². The van der Waals surface area contributed by atoms with Gasteiger partial charge in [-0.15, -0.1) is 0 Å². The van der Waals surface area contributed by atoms with Gasteiger partial charge in [0.25, 0.3) is 0 Å². The first kappa shape index (κ1) is 12.6. The van der Waals surface area contributed by atoms with Crippen molar-refractivity contribution in [2.24, 2.45) is 5.11 Å². The molecule has 0 radical (unpaired) electrons. The Hall–Kier alpha value is -2.85. The summed E-state index contributed by atoms with van der Waals surface area (Å²) in [5, 5.41) is 13.0. The van der Waals surface area contributed by atoms with Crippen LogP contribution in [-0.2, 0) is 4.79 Å². The Labute approximate surface area is 108 Å². The van der Waals surface area contributed by atoms with Crippen LogP contribution in [0.5, 0.6) is 0 Å². The van der Waals surface area contributed by atoms with Crippen LogP contribution in [0, 0.1) is 0 Å².